The molecule has 2 heterocycles. The van der Waals surface area contributed by atoms with Crippen molar-refractivity contribution in [2.24, 2.45) is 0 Å². The normalized spacial score (nSPS) is 13.9. The SMILES string of the molecule is Cc1ccc(-c2nn(-c3cccc(Cl)c3Cl)c3c2CCCCN3)cc1. The monoisotopic (exact) mass is 371 g/mol. The lowest BCUT2D eigenvalue weighted by atomic mass is 10.0. The van der Waals surface area contributed by atoms with Crippen LogP contribution in [0.15, 0.2) is 42.5 Å². The number of hydrogen-bond acceptors (Lipinski definition) is 2. The van der Waals surface area contributed by atoms with Crippen molar-refractivity contribution >= 4 is 29.0 Å². The highest BCUT2D eigenvalue weighted by molar-refractivity contribution is 6.43. The molecule has 0 fully saturated rings. The third-order valence-corrected chi connectivity index (χ3v) is 5.42. The Labute approximate surface area is 157 Å². The molecule has 5 heteroatoms. The number of aryl methyl sites for hydroxylation is 1. The smallest absolute Gasteiger partial charge is 0.133 e. The highest BCUT2D eigenvalue weighted by atomic mass is 35.5. The minimum absolute atomic E-state index is 0.524. The second-order valence-corrected chi connectivity index (χ2v) is 7.20. The van der Waals surface area contributed by atoms with Crippen molar-refractivity contribution in [2.75, 3.05) is 11.9 Å². The molecule has 1 aliphatic heterocycles. The van der Waals surface area contributed by atoms with Crippen LogP contribution in [0.3, 0.4) is 0 Å². The average Bonchev–Trinajstić information content (AvgIpc) is 2.80. The molecular formula is C20H19Cl2N3. The molecule has 3 nitrogen and oxygen atoms in total. The van der Waals surface area contributed by atoms with Gasteiger partial charge in [0, 0.05) is 17.7 Å². The van der Waals surface area contributed by atoms with Gasteiger partial charge in [-0.05, 0) is 38.3 Å². The quantitative estimate of drug-likeness (QED) is 0.607. The second kappa shape index (κ2) is 6.74. The number of benzene rings is 2. The molecule has 3 aromatic rings. The van der Waals surface area contributed by atoms with Gasteiger partial charge in [0.25, 0.3) is 0 Å². The Kier molecular flexibility index (Phi) is 4.45. The van der Waals surface area contributed by atoms with E-state index in [1.807, 2.05) is 16.8 Å². The summed E-state index contributed by atoms with van der Waals surface area (Å²) in [6.07, 6.45) is 3.29. The van der Waals surface area contributed by atoms with Crippen LogP contribution >= 0.6 is 23.2 Å². The van der Waals surface area contributed by atoms with Gasteiger partial charge in [-0.3, -0.25) is 0 Å². The van der Waals surface area contributed by atoms with Gasteiger partial charge in [0.15, 0.2) is 0 Å². The summed E-state index contributed by atoms with van der Waals surface area (Å²) in [7, 11) is 0. The number of anilines is 1. The van der Waals surface area contributed by atoms with Crippen molar-refractivity contribution < 1.29 is 0 Å². The van der Waals surface area contributed by atoms with Gasteiger partial charge in [-0.15, -0.1) is 0 Å². The first-order chi connectivity index (χ1) is 12.1. The molecular weight excluding hydrogens is 353 g/mol. The number of nitrogens with one attached hydrogen (secondary N) is 1. The first-order valence-corrected chi connectivity index (χ1v) is 9.28. The molecule has 1 N–H and O–H groups in total. The molecule has 0 saturated carbocycles. The van der Waals surface area contributed by atoms with Gasteiger partial charge in [-0.25, -0.2) is 4.68 Å². The summed E-state index contributed by atoms with van der Waals surface area (Å²) < 4.78 is 1.91. The van der Waals surface area contributed by atoms with E-state index in [0.29, 0.717) is 10.0 Å². The molecule has 0 saturated heterocycles. The molecule has 25 heavy (non-hydrogen) atoms. The fraction of sp³-hybridized carbons (Fsp3) is 0.250. The summed E-state index contributed by atoms with van der Waals surface area (Å²) in [5, 5.41) is 9.52. The van der Waals surface area contributed by atoms with E-state index in [0.717, 1.165) is 48.6 Å². The molecule has 2 aromatic carbocycles. The first-order valence-electron chi connectivity index (χ1n) is 8.52. The third-order valence-electron chi connectivity index (χ3n) is 4.61. The lowest BCUT2D eigenvalue weighted by molar-refractivity contribution is 0.780. The van der Waals surface area contributed by atoms with E-state index >= 15 is 0 Å². The summed E-state index contributed by atoms with van der Waals surface area (Å²) >= 11 is 12.7. The minimum Gasteiger partial charge on any atom is -0.370 e. The van der Waals surface area contributed by atoms with E-state index < -0.39 is 0 Å². The maximum atomic E-state index is 6.47. The highest BCUT2D eigenvalue weighted by Gasteiger charge is 2.23. The van der Waals surface area contributed by atoms with Crippen molar-refractivity contribution in [3.8, 4) is 16.9 Å². The molecule has 0 unspecified atom stereocenters. The van der Waals surface area contributed by atoms with Gasteiger partial charge >= 0.3 is 0 Å². The number of fused-ring (bicyclic) bond motifs is 1. The van der Waals surface area contributed by atoms with Gasteiger partial charge in [-0.1, -0.05) is 59.1 Å². The van der Waals surface area contributed by atoms with E-state index in [9.17, 15) is 0 Å². The maximum Gasteiger partial charge on any atom is 0.133 e. The van der Waals surface area contributed by atoms with Crippen molar-refractivity contribution in [1.82, 2.24) is 9.78 Å². The zero-order chi connectivity index (χ0) is 17.4. The largest absolute Gasteiger partial charge is 0.370 e. The summed E-state index contributed by atoms with van der Waals surface area (Å²) in [4.78, 5) is 0. The summed E-state index contributed by atoms with van der Waals surface area (Å²) in [5.74, 6) is 1.03. The molecule has 0 bridgehead atoms. The zero-order valence-corrected chi connectivity index (χ0v) is 15.5. The van der Waals surface area contributed by atoms with E-state index in [-0.39, 0.29) is 0 Å². The topological polar surface area (TPSA) is 29.9 Å². The first kappa shape index (κ1) is 16.5. The Hall–Kier alpha value is -1.97. The van der Waals surface area contributed by atoms with Gasteiger partial charge < -0.3 is 5.32 Å². The van der Waals surface area contributed by atoms with E-state index in [2.05, 4.69) is 36.5 Å². The lowest BCUT2D eigenvalue weighted by Gasteiger charge is -2.11. The molecule has 0 atom stereocenters. The van der Waals surface area contributed by atoms with Crippen LogP contribution in [-0.2, 0) is 6.42 Å². The summed E-state index contributed by atoms with van der Waals surface area (Å²) in [6, 6.07) is 14.2. The highest BCUT2D eigenvalue weighted by Crippen LogP contribution is 2.37. The lowest BCUT2D eigenvalue weighted by Crippen LogP contribution is -2.07. The van der Waals surface area contributed by atoms with E-state index in [4.69, 9.17) is 28.3 Å². The van der Waals surface area contributed by atoms with Gasteiger partial charge in [-0.2, -0.15) is 5.10 Å². The molecule has 1 aliphatic rings. The Morgan fingerprint density at radius 1 is 1.04 bits per heavy atom. The Balaban J connectivity index is 1.93. The molecule has 0 spiro atoms. The Bertz CT molecular complexity index is 913. The average molecular weight is 372 g/mol. The standard InChI is InChI=1S/C20H19Cl2N3/c1-13-8-10-14(11-9-13)19-15-5-2-3-12-23-20(15)25(24-19)17-7-4-6-16(21)18(17)22/h4,6-11,23H,2-3,5,12H2,1H3. The number of nitrogens with zero attached hydrogens (tertiary/aromatic N) is 2. The molecule has 4 rings (SSSR count). The van der Waals surface area contributed by atoms with Crippen LogP contribution in [0.4, 0.5) is 5.82 Å². The van der Waals surface area contributed by atoms with Crippen LogP contribution in [-0.4, -0.2) is 16.3 Å². The summed E-state index contributed by atoms with van der Waals surface area (Å²) in [6.45, 7) is 3.03. The number of hydrogen-bond donors (Lipinski definition) is 1. The van der Waals surface area contributed by atoms with Crippen molar-refractivity contribution in [3.63, 3.8) is 0 Å². The van der Waals surface area contributed by atoms with Crippen molar-refractivity contribution in [1.29, 1.82) is 0 Å². The van der Waals surface area contributed by atoms with Crippen LogP contribution < -0.4 is 5.32 Å². The maximum absolute atomic E-state index is 6.47. The fourth-order valence-corrected chi connectivity index (χ4v) is 3.65. The van der Waals surface area contributed by atoms with Crippen LogP contribution in [0.25, 0.3) is 16.9 Å². The number of rotatable bonds is 2. The summed E-state index contributed by atoms with van der Waals surface area (Å²) in [5.41, 5.74) is 5.43. The predicted molar refractivity (Wildman–Crippen MR) is 105 cm³/mol. The van der Waals surface area contributed by atoms with E-state index in [1.165, 1.54) is 11.1 Å². The minimum atomic E-state index is 0.524. The number of aromatic nitrogens is 2. The van der Waals surface area contributed by atoms with Gasteiger partial charge in [0.1, 0.15) is 5.82 Å². The van der Waals surface area contributed by atoms with Crippen molar-refractivity contribution in [3.05, 3.63) is 63.6 Å². The zero-order valence-electron chi connectivity index (χ0n) is 14.0. The van der Waals surface area contributed by atoms with Crippen LogP contribution in [0, 0.1) is 6.92 Å². The third kappa shape index (κ3) is 3.03. The molecule has 0 radical (unpaired) electrons. The van der Waals surface area contributed by atoms with Crippen LogP contribution in [0.2, 0.25) is 10.0 Å². The van der Waals surface area contributed by atoms with Gasteiger partial charge in [0.05, 0.1) is 21.4 Å². The van der Waals surface area contributed by atoms with E-state index in [1.54, 1.807) is 6.07 Å². The predicted octanol–water partition coefficient (Wildman–Crippen LogP) is 5.90. The molecule has 0 amide bonds. The van der Waals surface area contributed by atoms with Gasteiger partial charge in [0.2, 0.25) is 0 Å². The second-order valence-electron chi connectivity index (χ2n) is 6.41. The Morgan fingerprint density at radius 3 is 2.64 bits per heavy atom. The van der Waals surface area contributed by atoms with Crippen molar-refractivity contribution in [2.45, 2.75) is 26.2 Å². The fourth-order valence-electron chi connectivity index (χ4n) is 3.28. The molecule has 128 valence electrons. The van der Waals surface area contributed by atoms with Crippen LogP contribution in [0.5, 0.6) is 0 Å². The number of halogens is 2. The molecule has 0 aliphatic carbocycles. The Morgan fingerprint density at radius 2 is 1.84 bits per heavy atom. The van der Waals surface area contributed by atoms with Crippen LogP contribution in [0.1, 0.15) is 24.0 Å². The molecule has 1 aromatic heterocycles.